The molecule has 5 heteroatoms. The van der Waals surface area contributed by atoms with Gasteiger partial charge in [0.1, 0.15) is 11.4 Å². The molecule has 0 unspecified atom stereocenters. The summed E-state index contributed by atoms with van der Waals surface area (Å²) in [4.78, 5) is 4.86. The Hall–Kier alpha value is -1.92. The van der Waals surface area contributed by atoms with Gasteiger partial charge < -0.3 is 14.6 Å². The van der Waals surface area contributed by atoms with Gasteiger partial charge in [-0.3, -0.25) is 9.80 Å². The second kappa shape index (κ2) is 8.62. The van der Waals surface area contributed by atoms with Crippen molar-refractivity contribution in [1.82, 2.24) is 9.80 Å². The Morgan fingerprint density at radius 2 is 1.86 bits per heavy atom. The van der Waals surface area contributed by atoms with Gasteiger partial charge in [0, 0.05) is 32.7 Å². The minimum atomic E-state index is -0.830. The predicted molar refractivity (Wildman–Crippen MR) is 109 cm³/mol. The molecule has 4 rings (SSSR count). The monoisotopic (exact) mass is 382 g/mol. The minimum absolute atomic E-state index is 0.0538. The largest absolute Gasteiger partial charge is 0.497 e. The summed E-state index contributed by atoms with van der Waals surface area (Å²) in [5.74, 6) is 0.889. The second-order valence-corrected chi connectivity index (χ2v) is 7.79. The van der Waals surface area contributed by atoms with Crippen molar-refractivity contribution >= 4 is 0 Å². The molecule has 2 aliphatic heterocycles. The molecule has 2 atom stereocenters. The van der Waals surface area contributed by atoms with Crippen LogP contribution in [0.3, 0.4) is 0 Å². The highest BCUT2D eigenvalue weighted by Crippen LogP contribution is 2.37. The molecule has 5 nitrogen and oxygen atoms in total. The Balaban J connectivity index is 1.56. The van der Waals surface area contributed by atoms with Crippen LogP contribution in [0, 0.1) is 0 Å². The van der Waals surface area contributed by atoms with Crippen LogP contribution in [0.2, 0.25) is 0 Å². The summed E-state index contributed by atoms with van der Waals surface area (Å²) >= 11 is 0. The molecule has 2 fully saturated rings. The van der Waals surface area contributed by atoms with E-state index in [1.54, 1.807) is 7.11 Å². The number of methoxy groups -OCH3 is 1. The van der Waals surface area contributed by atoms with Crippen LogP contribution in [0.4, 0.5) is 0 Å². The molecular formula is C23H30N2O3. The molecule has 0 aliphatic carbocycles. The van der Waals surface area contributed by atoms with Gasteiger partial charge in [-0.05, 0) is 29.7 Å². The summed E-state index contributed by atoms with van der Waals surface area (Å²) in [5, 5.41) is 11.8. The summed E-state index contributed by atoms with van der Waals surface area (Å²) in [6.07, 6.45) is 0.725. The number of ether oxygens (including phenoxy) is 2. The minimum Gasteiger partial charge on any atom is -0.497 e. The Morgan fingerprint density at radius 3 is 2.61 bits per heavy atom. The fraction of sp³-hybridized carbons (Fsp3) is 0.478. The molecule has 2 aromatic carbocycles. The molecule has 2 aliphatic rings. The van der Waals surface area contributed by atoms with Crippen molar-refractivity contribution in [3.63, 3.8) is 0 Å². The Labute approximate surface area is 167 Å². The summed E-state index contributed by atoms with van der Waals surface area (Å²) in [6, 6.07) is 18.5. The summed E-state index contributed by atoms with van der Waals surface area (Å²) in [6.45, 7) is 5.77. The predicted octanol–water partition coefficient (Wildman–Crippen LogP) is 2.49. The molecule has 2 heterocycles. The lowest BCUT2D eigenvalue weighted by molar-refractivity contribution is -0.119. The van der Waals surface area contributed by atoms with Crippen LogP contribution < -0.4 is 4.74 Å². The van der Waals surface area contributed by atoms with E-state index in [0.717, 1.165) is 63.7 Å². The molecule has 0 radical (unpaired) electrons. The maximum Gasteiger partial charge on any atom is 0.119 e. The van der Waals surface area contributed by atoms with Gasteiger partial charge in [-0.25, -0.2) is 0 Å². The second-order valence-electron chi connectivity index (χ2n) is 7.79. The van der Waals surface area contributed by atoms with Crippen LogP contribution in [-0.4, -0.2) is 67.5 Å². The number of rotatable bonds is 5. The van der Waals surface area contributed by atoms with Crippen LogP contribution in [-0.2, 0) is 16.9 Å². The zero-order valence-electron chi connectivity index (χ0n) is 16.6. The highest BCUT2D eigenvalue weighted by atomic mass is 16.5. The normalized spacial score (nSPS) is 26.9. The zero-order chi connectivity index (χ0) is 19.4. The third-order valence-electron chi connectivity index (χ3n) is 6.09. The van der Waals surface area contributed by atoms with Gasteiger partial charge in [-0.1, -0.05) is 42.5 Å². The first-order valence-electron chi connectivity index (χ1n) is 10.1. The molecule has 0 spiro atoms. The Bertz CT molecular complexity index is 763. The number of benzene rings is 2. The van der Waals surface area contributed by atoms with Gasteiger partial charge >= 0.3 is 0 Å². The molecule has 1 N–H and O–H groups in total. The standard InChI is InChI=1S/C23H30N2O3/c1-27-21-9-5-6-19(16-21)17-24-11-10-23(26,20-7-3-2-4-8-20)22(18-24)25-12-14-28-15-13-25/h2-9,16,22,26H,10-15,17-18H2,1H3/t22-,23+/m1/s1. The smallest absolute Gasteiger partial charge is 0.119 e. The fourth-order valence-corrected chi connectivity index (χ4v) is 4.52. The fourth-order valence-electron chi connectivity index (χ4n) is 4.52. The summed E-state index contributed by atoms with van der Waals surface area (Å²) in [7, 11) is 1.70. The highest BCUT2D eigenvalue weighted by Gasteiger charge is 2.45. The van der Waals surface area contributed by atoms with Crippen molar-refractivity contribution in [2.75, 3.05) is 46.5 Å². The lowest BCUT2D eigenvalue weighted by Gasteiger charge is -2.50. The lowest BCUT2D eigenvalue weighted by atomic mass is 9.79. The number of hydrogen-bond acceptors (Lipinski definition) is 5. The van der Waals surface area contributed by atoms with Crippen molar-refractivity contribution in [1.29, 1.82) is 0 Å². The Morgan fingerprint density at radius 1 is 1.07 bits per heavy atom. The molecule has 150 valence electrons. The van der Waals surface area contributed by atoms with Crippen molar-refractivity contribution in [2.24, 2.45) is 0 Å². The Kier molecular flexibility index (Phi) is 5.97. The maximum absolute atomic E-state index is 11.8. The van der Waals surface area contributed by atoms with E-state index in [2.05, 4.69) is 34.1 Å². The van der Waals surface area contributed by atoms with Gasteiger partial charge in [0.25, 0.3) is 0 Å². The molecule has 0 aromatic heterocycles. The average Bonchev–Trinajstić information content (AvgIpc) is 2.76. The quantitative estimate of drug-likeness (QED) is 0.861. The summed E-state index contributed by atoms with van der Waals surface area (Å²) < 4.78 is 10.9. The van der Waals surface area contributed by atoms with Crippen molar-refractivity contribution < 1.29 is 14.6 Å². The molecule has 0 saturated carbocycles. The van der Waals surface area contributed by atoms with Crippen molar-refractivity contribution in [3.05, 3.63) is 65.7 Å². The summed E-state index contributed by atoms with van der Waals surface area (Å²) in [5.41, 5.74) is 1.43. The number of piperidine rings is 1. The highest BCUT2D eigenvalue weighted by molar-refractivity contribution is 5.29. The van der Waals surface area contributed by atoms with Gasteiger partial charge in [0.05, 0.1) is 26.4 Å². The molecular weight excluding hydrogens is 352 g/mol. The number of likely N-dealkylation sites (tertiary alicyclic amines) is 1. The van der Waals surface area contributed by atoms with E-state index >= 15 is 0 Å². The SMILES string of the molecule is COc1cccc(CN2CC[C@](O)(c3ccccc3)[C@H](N3CCOCC3)C2)c1. The van der Waals surface area contributed by atoms with Crippen LogP contribution in [0.25, 0.3) is 0 Å². The first-order chi connectivity index (χ1) is 13.7. The van der Waals surface area contributed by atoms with E-state index in [0.29, 0.717) is 0 Å². The molecule has 0 bridgehead atoms. The molecule has 28 heavy (non-hydrogen) atoms. The molecule has 0 amide bonds. The van der Waals surface area contributed by atoms with E-state index < -0.39 is 5.60 Å². The number of nitrogens with zero attached hydrogens (tertiary/aromatic N) is 2. The van der Waals surface area contributed by atoms with Gasteiger partial charge in [-0.2, -0.15) is 0 Å². The van der Waals surface area contributed by atoms with Crippen LogP contribution in [0.1, 0.15) is 17.5 Å². The lowest BCUT2D eigenvalue weighted by Crippen LogP contribution is -2.62. The van der Waals surface area contributed by atoms with E-state index in [1.807, 2.05) is 30.3 Å². The van der Waals surface area contributed by atoms with E-state index in [-0.39, 0.29) is 6.04 Å². The average molecular weight is 383 g/mol. The topological polar surface area (TPSA) is 45.2 Å². The van der Waals surface area contributed by atoms with E-state index in [9.17, 15) is 5.11 Å². The van der Waals surface area contributed by atoms with Crippen molar-refractivity contribution in [2.45, 2.75) is 24.6 Å². The van der Waals surface area contributed by atoms with Crippen molar-refractivity contribution in [3.8, 4) is 5.75 Å². The van der Waals surface area contributed by atoms with Crippen LogP contribution in [0.5, 0.6) is 5.75 Å². The van der Waals surface area contributed by atoms with Gasteiger partial charge in [0.15, 0.2) is 0 Å². The number of aliphatic hydroxyl groups is 1. The molecule has 2 saturated heterocycles. The third kappa shape index (κ3) is 4.08. The van der Waals surface area contributed by atoms with Gasteiger partial charge in [0.2, 0.25) is 0 Å². The van der Waals surface area contributed by atoms with Crippen LogP contribution >= 0.6 is 0 Å². The first-order valence-corrected chi connectivity index (χ1v) is 10.1. The maximum atomic E-state index is 11.8. The third-order valence-corrected chi connectivity index (χ3v) is 6.09. The van der Waals surface area contributed by atoms with Crippen LogP contribution in [0.15, 0.2) is 54.6 Å². The van der Waals surface area contributed by atoms with E-state index in [1.165, 1.54) is 5.56 Å². The van der Waals surface area contributed by atoms with Gasteiger partial charge in [-0.15, -0.1) is 0 Å². The number of hydrogen-bond donors (Lipinski definition) is 1. The molecule has 2 aromatic rings. The number of morpholine rings is 1. The first kappa shape index (κ1) is 19.4. The van der Waals surface area contributed by atoms with E-state index in [4.69, 9.17) is 9.47 Å². The zero-order valence-corrected chi connectivity index (χ0v) is 16.6.